The number of hydrogen-bond acceptors (Lipinski definition) is 4. The molecule has 0 aromatic carbocycles. The fraction of sp³-hybridized carbons (Fsp3) is 0.125. The van der Waals surface area contributed by atoms with Crippen molar-refractivity contribution in [3.05, 3.63) is 24.2 Å². The van der Waals surface area contributed by atoms with E-state index in [1.807, 2.05) is 0 Å². The lowest BCUT2D eigenvalue weighted by Crippen LogP contribution is -2.29. The maximum atomic E-state index is 11.3. The van der Waals surface area contributed by atoms with Crippen LogP contribution in [0.1, 0.15) is 0 Å². The highest BCUT2D eigenvalue weighted by molar-refractivity contribution is 5.91. The van der Waals surface area contributed by atoms with Crippen molar-refractivity contribution in [2.45, 2.75) is 0 Å². The molecule has 3 N–H and O–H groups in total. The highest BCUT2D eigenvalue weighted by Crippen LogP contribution is 2.02. The van der Waals surface area contributed by atoms with Gasteiger partial charge in [0.15, 0.2) is 0 Å². The lowest BCUT2D eigenvalue weighted by atomic mass is 10.4. The Labute approximate surface area is 84.5 Å². The molecular weight excluding hydrogens is 200 g/mol. The molecule has 1 aromatic heterocycles. The van der Waals surface area contributed by atoms with E-state index in [-0.39, 0.29) is 6.61 Å². The molecule has 0 bridgehead atoms. The van der Waals surface area contributed by atoms with E-state index < -0.39 is 12.0 Å². The third-order valence-electron chi connectivity index (χ3n) is 1.67. The molecule has 0 aliphatic carbocycles. The first-order valence-corrected chi connectivity index (χ1v) is 4.19. The van der Waals surface area contributed by atoms with E-state index in [9.17, 15) is 9.59 Å². The molecule has 0 radical (unpaired) electrons. The summed E-state index contributed by atoms with van der Waals surface area (Å²) < 4.78 is 4.60. The van der Waals surface area contributed by atoms with Crippen LogP contribution < -0.4 is 10.6 Å². The molecule has 0 fully saturated rings. The van der Waals surface area contributed by atoms with Gasteiger partial charge in [0, 0.05) is 18.5 Å². The zero-order valence-corrected chi connectivity index (χ0v) is 7.61. The Morgan fingerprint density at radius 1 is 1.53 bits per heavy atom. The van der Waals surface area contributed by atoms with Gasteiger partial charge in [-0.3, -0.25) is 5.32 Å². The maximum absolute atomic E-state index is 11.3. The second kappa shape index (κ2) is 3.82. The minimum absolute atomic E-state index is 0.0877. The number of hydrogen-bond donors (Lipinski definition) is 3. The number of nitrogens with zero attached hydrogens (tertiary/aromatic N) is 1. The number of rotatable bonds is 2. The fourth-order valence-corrected chi connectivity index (χ4v) is 1.06. The number of aromatic amines is 1. The summed E-state index contributed by atoms with van der Waals surface area (Å²) in [4.78, 5) is 28.4. The second-order valence-corrected chi connectivity index (χ2v) is 2.79. The van der Waals surface area contributed by atoms with Gasteiger partial charge in [0.05, 0.1) is 5.70 Å². The summed E-state index contributed by atoms with van der Waals surface area (Å²) in [6.45, 7) is 0.0877. The minimum Gasteiger partial charge on any atom is -0.456 e. The van der Waals surface area contributed by atoms with E-state index in [0.29, 0.717) is 11.6 Å². The molecule has 0 atom stereocenters. The van der Waals surface area contributed by atoms with Crippen molar-refractivity contribution in [1.82, 2.24) is 15.3 Å². The van der Waals surface area contributed by atoms with E-state index >= 15 is 0 Å². The second-order valence-electron chi connectivity index (χ2n) is 2.79. The summed E-state index contributed by atoms with van der Waals surface area (Å²) in [7, 11) is 0. The van der Waals surface area contributed by atoms with E-state index in [1.54, 1.807) is 6.20 Å². The van der Waals surface area contributed by atoms with Crippen LogP contribution in [0.3, 0.4) is 0 Å². The van der Waals surface area contributed by atoms with Crippen LogP contribution in [0.25, 0.3) is 0 Å². The van der Waals surface area contributed by atoms with Crippen molar-refractivity contribution in [1.29, 1.82) is 0 Å². The molecule has 78 valence electrons. The molecule has 2 rings (SSSR count). The van der Waals surface area contributed by atoms with Crippen molar-refractivity contribution < 1.29 is 14.3 Å². The van der Waals surface area contributed by atoms with Crippen molar-refractivity contribution >= 4 is 17.9 Å². The van der Waals surface area contributed by atoms with Gasteiger partial charge in [0.25, 0.3) is 0 Å². The van der Waals surface area contributed by atoms with E-state index in [1.165, 1.54) is 12.3 Å². The van der Waals surface area contributed by atoms with Crippen LogP contribution in [0.2, 0.25) is 0 Å². The van der Waals surface area contributed by atoms with Crippen LogP contribution in [0.15, 0.2) is 24.2 Å². The van der Waals surface area contributed by atoms with Crippen LogP contribution in [0.4, 0.5) is 10.7 Å². The topological polar surface area (TPSA) is 96.1 Å². The van der Waals surface area contributed by atoms with E-state index in [0.717, 1.165) is 0 Å². The first-order valence-electron chi connectivity index (χ1n) is 4.19. The van der Waals surface area contributed by atoms with E-state index in [2.05, 4.69) is 25.3 Å². The molecule has 0 saturated carbocycles. The highest BCUT2D eigenvalue weighted by atomic mass is 16.5. The quantitative estimate of drug-likeness (QED) is 0.594. The number of carbonyl (C=O) groups excluding carboxylic acids is 2. The number of esters is 1. The maximum Gasteiger partial charge on any atom is 0.333 e. The van der Waals surface area contributed by atoms with Gasteiger partial charge < -0.3 is 15.0 Å². The number of anilines is 1. The predicted octanol–water partition coefficient (Wildman–Crippen LogP) is -0.0281. The number of cyclic esters (lactones) is 1. The first kappa shape index (κ1) is 9.25. The number of ether oxygens (including phenoxy) is 1. The lowest BCUT2D eigenvalue weighted by molar-refractivity contribution is -0.134. The van der Waals surface area contributed by atoms with Crippen LogP contribution in [-0.2, 0) is 9.53 Å². The van der Waals surface area contributed by atoms with Gasteiger partial charge in [-0.25, -0.2) is 14.6 Å². The predicted molar refractivity (Wildman–Crippen MR) is 49.8 cm³/mol. The molecule has 0 unspecified atom stereocenters. The van der Waals surface area contributed by atoms with Crippen molar-refractivity contribution in [2.24, 2.45) is 0 Å². The van der Waals surface area contributed by atoms with Crippen molar-refractivity contribution in [2.75, 3.05) is 11.9 Å². The van der Waals surface area contributed by atoms with Crippen molar-refractivity contribution in [3.63, 3.8) is 0 Å². The lowest BCUT2D eigenvalue weighted by Gasteiger charge is -2.04. The van der Waals surface area contributed by atoms with Gasteiger partial charge in [-0.2, -0.15) is 0 Å². The molecule has 7 nitrogen and oxygen atoms in total. The van der Waals surface area contributed by atoms with Crippen LogP contribution >= 0.6 is 0 Å². The average Bonchev–Trinajstić information content (AvgIpc) is 2.77. The number of H-pyrrole nitrogens is 1. The zero-order valence-electron chi connectivity index (χ0n) is 7.61. The van der Waals surface area contributed by atoms with E-state index in [4.69, 9.17) is 0 Å². The standard InChI is InChI=1S/C8H8N4O3/c13-6-3-5(4-15-6)11-8(14)12-7-9-1-2-10-7/h1-3H,4H2,(H3,9,10,11,12,14). The molecule has 0 spiro atoms. The monoisotopic (exact) mass is 208 g/mol. The molecule has 7 heteroatoms. The number of imidazole rings is 1. The SMILES string of the molecule is O=C(NC1=CC(=O)OC1)Nc1ncc[nH]1. The van der Waals surface area contributed by atoms with Gasteiger partial charge in [-0.05, 0) is 0 Å². The average molecular weight is 208 g/mol. The number of aromatic nitrogens is 2. The normalized spacial score (nSPS) is 14.4. The summed E-state index contributed by atoms with van der Waals surface area (Å²) in [6.07, 6.45) is 4.32. The summed E-state index contributed by atoms with van der Waals surface area (Å²) in [5.74, 6) is -0.123. The molecule has 15 heavy (non-hydrogen) atoms. The van der Waals surface area contributed by atoms with Crippen LogP contribution in [-0.4, -0.2) is 28.6 Å². The summed E-state index contributed by atoms with van der Waals surface area (Å²) in [5, 5.41) is 4.89. The largest absolute Gasteiger partial charge is 0.456 e. The molecule has 2 amide bonds. The smallest absolute Gasteiger partial charge is 0.333 e. The summed E-state index contributed by atoms with van der Waals surface area (Å²) in [5.41, 5.74) is 0.420. The summed E-state index contributed by atoms with van der Waals surface area (Å²) >= 11 is 0. The van der Waals surface area contributed by atoms with Crippen LogP contribution in [0.5, 0.6) is 0 Å². The minimum atomic E-state index is -0.477. The number of amides is 2. The van der Waals surface area contributed by atoms with Crippen LogP contribution in [0, 0.1) is 0 Å². The Bertz CT molecular complexity index is 410. The molecule has 1 aliphatic rings. The van der Waals surface area contributed by atoms with Gasteiger partial charge in [-0.15, -0.1) is 0 Å². The Hall–Kier alpha value is -2.31. The van der Waals surface area contributed by atoms with Gasteiger partial charge >= 0.3 is 12.0 Å². The Morgan fingerprint density at radius 2 is 2.40 bits per heavy atom. The van der Waals surface area contributed by atoms with Crippen molar-refractivity contribution in [3.8, 4) is 0 Å². The number of carbonyl (C=O) groups is 2. The highest BCUT2D eigenvalue weighted by Gasteiger charge is 2.15. The molecular formula is C8H8N4O3. The number of urea groups is 1. The van der Waals surface area contributed by atoms with Gasteiger partial charge in [-0.1, -0.05) is 0 Å². The Kier molecular flexibility index (Phi) is 2.36. The third-order valence-corrected chi connectivity index (χ3v) is 1.67. The zero-order chi connectivity index (χ0) is 10.7. The Morgan fingerprint density at radius 3 is 3.00 bits per heavy atom. The van der Waals surface area contributed by atoms with Gasteiger partial charge in [0.1, 0.15) is 6.61 Å². The molecule has 2 heterocycles. The number of nitrogens with one attached hydrogen (secondary N) is 3. The summed E-state index contributed by atoms with van der Waals surface area (Å²) in [6, 6.07) is -0.477. The molecule has 1 aliphatic heterocycles. The first-order chi connectivity index (χ1) is 7.24. The third kappa shape index (κ3) is 2.33. The Balaban J connectivity index is 1.88. The fourth-order valence-electron chi connectivity index (χ4n) is 1.06. The molecule has 0 saturated heterocycles. The van der Waals surface area contributed by atoms with Gasteiger partial charge in [0.2, 0.25) is 5.95 Å². The molecule has 1 aromatic rings.